The third kappa shape index (κ3) is 2.92. The summed E-state index contributed by atoms with van der Waals surface area (Å²) in [6, 6.07) is 8.81. The highest BCUT2D eigenvalue weighted by Gasteiger charge is 2.33. The molecular formula is C17H18N2O4. The zero-order chi connectivity index (χ0) is 16.4. The van der Waals surface area contributed by atoms with E-state index in [2.05, 4.69) is 5.32 Å². The number of hydrogen-bond acceptors (Lipinski definition) is 4. The number of ether oxygens (including phenoxy) is 1. The number of nitrogens with one attached hydrogen (secondary N) is 1. The van der Waals surface area contributed by atoms with Crippen molar-refractivity contribution in [2.24, 2.45) is 0 Å². The fourth-order valence-corrected chi connectivity index (χ4v) is 2.75. The molecule has 1 saturated heterocycles. The molecular weight excluding hydrogens is 296 g/mol. The number of benzene rings is 1. The SMILES string of the molecule is COc1ccccc1N1C[C@H](NC(=O)c2occc2C)CC1=O. The molecule has 2 heterocycles. The Morgan fingerprint density at radius 1 is 1.35 bits per heavy atom. The first-order valence-electron chi connectivity index (χ1n) is 7.38. The van der Waals surface area contributed by atoms with E-state index in [4.69, 9.17) is 9.15 Å². The smallest absolute Gasteiger partial charge is 0.287 e. The predicted molar refractivity (Wildman–Crippen MR) is 84.7 cm³/mol. The zero-order valence-electron chi connectivity index (χ0n) is 13.0. The summed E-state index contributed by atoms with van der Waals surface area (Å²) in [5.74, 6) is 0.575. The topological polar surface area (TPSA) is 71.8 Å². The van der Waals surface area contributed by atoms with Gasteiger partial charge >= 0.3 is 0 Å². The summed E-state index contributed by atoms with van der Waals surface area (Å²) in [5.41, 5.74) is 1.49. The first-order valence-corrected chi connectivity index (χ1v) is 7.38. The van der Waals surface area contributed by atoms with Crippen LogP contribution in [-0.4, -0.2) is 31.5 Å². The van der Waals surface area contributed by atoms with Gasteiger partial charge in [0.1, 0.15) is 5.75 Å². The molecule has 120 valence electrons. The molecule has 1 fully saturated rings. The van der Waals surface area contributed by atoms with Crippen LogP contribution in [0.15, 0.2) is 41.0 Å². The first kappa shape index (κ1) is 15.1. The number of carbonyl (C=O) groups is 2. The van der Waals surface area contributed by atoms with Crippen LogP contribution in [0, 0.1) is 6.92 Å². The Kier molecular flexibility index (Phi) is 4.06. The molecule has 1 aliphatic heterocycles. The van der Waals surface area contributed by atoms with E-state index >= 15 is 0 Å². The maximum atomic E-state index is 12.3. The van der Waals surface area contributed by atoms with Crippen molar-refractivity contribution < 1.29 is 18.7 Å². The second-order valence-electron chi connectivity index (χ2n) is 5.48. The van der Waals surface area contributed by atoms with Crippen LogP contribution in [0.2, 0.25) is 0 Å². The quantitative estimate of drug-likeness (QED) is 0.938. The molecule has 0 saturated carbocycles. The summed E-state index contributed by atoms with van der Waals surface area (Å²) in [4.78, 5) is 26.1. The number of rotatable bonds is 4. The lowest BCUT2D eigenvalue weighted by Crippen LogP contribution is -2.37. The Labute approximate surface area is 134 Å². The summed E-state index contributed by atoms with van der Waals surface area (Å²) in [5, 5.41) is 2.85. The molecule has 3 rings (SSSR count). The van der Waals surface area contributed by atoms with E-state index < -0.39 is 0 Å². The Hall–Kier alpha value is -2.76. The number of aryl methyl sites for hydroxylation is 1. The van der Waals surface area contributed by atoms with Crippen molar-refractivity contribution in [2.45, 2.75) is 19.4 Å². The third-order valence-electron chi connectivity index (χ3n) is 3.90. The third-order valence-corrected chi connectivity index (χ3v) is 3.90. The summed E-state index contributed by atoms with van der Waals surface area (Å²) < 4.78 is 10.5. The highest BCUT2D eigenvalue weighted by molar-refractivity contribution is 5.99. The summed E-state index contributed by atoms with van der Waals surface area (Å²) in [7, 11) is 1.57. The normalized spacial score (nSPS) is 17.4. The fourth-order valence-electron chi connectivity index (χ4n) is 2.75. The van der Waals surface area contributed by atoms with E-state index in [9.17, 15) is 9.59 Å². The lowest BCUT2D eigenvalue weighted by atomic mass is 10.2. The van der Waals surface area contributed by atoms with Crippen LogP contribution in [0.1, 0.15) is 22.5 Å². The Bertz CT molecular complexity index is 738. The molecule has 0 spiro atoms. The second kappa shape index (κ2) is 6.16. The molecule has 1 aromatic heterocycles. The second-order valence-corrected chi connectivity index (χ2v) is 5.48. The van der Waals surface area contributed by atoms with Crippen LogP contribution >= 0.6 is 0 Å². The maximum Gasteiger partial charge on any atom is 0.287 e. The fraction of sp³-hybridized carbons (Fsp3) is 0.294. The van der Waals surface area contributed by atoms with E-state index in [0.29, 0.717) is 18.0 Å². The zero-order valence-corrected chi connectivity index (χ0v) is 13.0. The molecule has 1 aliphatic rings. The molecule has 23 heavy (non-hydrogen) atoms. The minimum absolute atomic E-state index is 0.0454. The van der Waals surface area contributed by atoms with Gasteiger partial charge in [0, 0.05) is 18.5 Å². The molecule has 0 bridgehead atoms. The summed E-state index contributed by atoms with van der Waals surface area (Å²) in [6.45, 7) is 2.21. The van der Waals surface area contributed by atoms with E-state index in [1.165, 1.54) is 6.26 Å². The van der Waals surface area contributed by atoms with E-state index in [0.717, 1.165) is 5.56 Å². The van der Waals surface area contributed by atoms with Crippen LogP contribution in [-0.2, 0) is 4.79 Å². The van der Waals surface area contributed by atoms with Gasteiger partial charge in [-0.25, -0.2) is 0 Å². The number of nitrogens with zero attached hydrogens (tertiary/aromatic N) is 1. The highest BCUT2D eigenvalue weighted by Crippen LogP contribution is 2.31. The van der Waals surface area contributed by atoms with Crippen molar-refractivity contribution >= 4 is 17.5 Å². The van der Waals surface area contributed by atoms with Gasteiger partial charge in [0.2, 0.25) is 5.91 Å². The van der Waals surface area contributed by atoms with Gasteiger partial charge in [-0.1, -0.05) is 12.1 Å². The molecule has 0 radical (unpaired) electrons. The van der Waals surface area contributed by atoms with Crippen molar-refractivity contribution in [3.05, 3.63) is 47.9 Å². The molecule has 6 nitrogen and oxygen atoms in total. The van der Waals surface area contributed by atoms with Gasteiger partial charge < -0.3 is 19.4 Å². The van der Waals surface area contributed by atoms with Crippen molar-refractivity contribution in [1.29, 1.82) is 0 Å². The van der Waals surface area contributed by atoms with Crippen LogP contribution in [0.5, 0.6) is 5.75 Å². The number of para-hydroxylation sites is 2. The number of hydrogen-bond donors (Lipinski definition) is 1. The summed E-state index contributed by atoms with van der Waals surface area (Å²) in [6.07, 6.45) is 1.73. The average molecular weight is 314 g/mol. The van der Waals surface area contributed by atoms with Gasteiger partial charge in [0.05, 0.1) is 25.1 Å². The first-order chi connectivity index (χ1) is 11.1. The molecule has 2 amide bonds. The summed E-state index contributed by atoms with van der Waals surface area (Å²) >= 11 is 0. The van der Waals surface area contributed by atoms with Gasteiger partial charge in [-0.15, -0.1) is 0 Å². The predicted octanol–water partition coefficient (Wildman–Crippen LogP) is 2.13. The van der Waals surface area contributed by atoms with Gasteiger partial charge in [-0.3, -0.25) is 9.59 Å². The van der Waals surface area contributed by atoms with E-state index in [1.807, 2.05) is 18.2 Å². The van der Waals surface area contributed by atoms with Crippen molar-refractivity contribution in [3.8, 4) is 5.75 Å². The van der Waals surface area contributed by atoms with Gasteiger partial charge in [0.15, 0.2) is 5.76 Å². The number of methoxy groups -OCH3 is 1. The van der Waals surface area contributed by atoms with Crippen LogP contribution in [0.4, 0.5) is 5.69 Å². The van der Waals surface area contributed by atoms with Crippen LogP contribution in [0.25, 0.3) is 0 Å². The number of carbonyl (C=O) groups excluding carboxylic acids is 2. The van der Waals surface area contributed by atoms with E-state index in [-0.39, 0.29) is 30.0 Å². The van der Waals surface area contributed by atoms with Crippen LogP contribution in [0.3, 0.4) is 0 Å². The molecule has 0 unspecified atom stereocenters. The molecule has 1 aromatic carbocycles. The Morgan fingerprint density at radius 2 is 2.13 bits per heavy atom. The molecule has 6 heteroatoms. The largest absolute Gasteiger partial charge is 0.495 e. The minimum Gasteiger partial charge on any atom is -0.495 e. The highest BCUT2D eigenvalue weighted by atomic mass is 16.5. The lowest BCUT2D eigenvalue weighted by molar-refractivity contribution is -0.117. The van der Waals surface area contributed by atoms with Gasteiger partial charge in [-0.05, 0) is 25.1 Å². The lowest BCUT2D eigenvalue weighted by Gasteiger charge is -2.19. The standard InChI is InChI=1S/C17H18N2O4/c1-11-7-8-23-16(11)17(21)18-12-9-15(20)19(10-12)13-5-3-4-6-14(13)22-2/h3-8,12H,9-10H2,1-2H3,(H,18,21)/t12-/m1/s1. The minimum atomic E-state index is -0.299. The van der Waals surface area contributed by atoms with Crippen LogP contribution < -0.4 is 15.0 Å². The van der Waals surface area contributed by atoms with E-state index in [1.54, 1.807) is 31.1 Å². The molecule has 1 N–H and O–H groups in total. The molecule has 0 aliphatic carbocycles. The number of furan rings is 1. The van der Waals surface area contributed by atoms with Gasteiger partial charge in [0.25, 0.3) is 5.91 Å². The van der Waals surface area contributed by atoms with Crippen molar-refractivity contribution in [2.75, 3.05) is 18.6 Å². The number of anilines is 1. The van der Waals surface area contributed by atoms with Crippen molar-refractivity contribution in [1.82, 2.24) is 5.32 Å². The molecule has 1 atom stereocenters. The maximum absolute atomic E-state index is 12.3. The monoisotopic (exact) mass is 314 g/mol. The Balaban J connectivity index is 1.73. The average Bonchev–Trinajstić information content (AvgIpc) is 3.13. The number of amides is 2. The Morgan fingerprint density at radius 3 is 2.83 bits per heavy atom. The van der Waals surface area contributed by atoms with Crippen molar-refractivity contribution in [3.63, 3.8) is 0 Å². The molecule has 2 aromatic rings. The van der Waals surface area contributed by atoms with Gasteiger partial charge in [-0.2, -0.15) is 0 Å².